The van der Waals surface area contributed by atoms with E-state index < -0.39 is 36.5 Å². The van der Waals surface area contributed by atoms with Gasteiger partial charge in [-0.05, 0) is 26.1 Å². The van der Waals surface area contributed by atoms with Crippen LogP contribution in [-0.2, 0) is 23.8 Å². The molecule has 2 atom stereocenters. The predicted octanol–water partition coefficient (Wildman–Crippen LogP) is 2.89. The molecule has 0 saturated carbocycles. The van der Waals surface area contributed by atoms with Crippen LogP contribution in [0.2, 0.25) is 5.02 Å². The molecule has 3 rings (SSSR count). The maximum absolute atomic E-state index is 13.8. The number of esters is 1. The molecule has 0 bridgehead atoms. The maximum atomic E-state index is 13.8. The van der Waals surface area contributed by atoms with Crippen LogP contribution in [0, 0.1) is 5.82 Å². The SMILES string of the molecule is CCOC(=O)C1=C(CN(C)CC(COCC(=O)O)OC)NC(c2nccs2)=NC1c1ccc(F)cc1Cl. The minimum atomic E-state index is -1.07. The largest absolute Gasteiger partial charge is 0.480 e. The van der Waals surface area contributed by atoms with E-state index in [0.29, 0.717) is 28.6 Å². The number of nitrogens with zero attached hydrogens (tertiary/aromatic N) is 3. The molecule has 1 aliphatic rings. The Balaban J connectivity index is 1.97. The number of methoxy groups -OCH3 is 1. The summed E-state index contributed by atoms with van der Waals surface area (Å²) >= 11 is 7.76. The Hall–Kier alpha value is -2.90. The van der Waals surface area contributed by atoms with E-state index in [2.05, 4.69) is 10.3 Å². The van der Waals surface area contributed by atoms with Crippen LogP contribution < -0.4 is 5.32 Å². The van der Waals surface area contributed by atoms with Crippen molar-refractivity contribution in [2.45, 2.75) is 19.1 Å². The standard InChI is InChI=1S/C24H28ClFN4O6S/c1-4-36-24(33)20-18(11-30(2)10-15(34-3)12-35-13-19(31)32)28-22(23-27-7-8-37-23)29-21(20)16-6-5-14(26)9-17(16)25/h5-9,15,21H,4,10-13H2,1-3H3,(H,28,29)(H,31,32). The van der Waals surface area contributed by atoms with Crippen molar-refractivity contribution in [1.82, 2.24) is 15.2 Å². The quantitative estimate of drug-likeness (QED) is 0.360. The predicted molar refractivity (Wildman–Crippen MR) is 136 cm³/mol. The summed E-state index contributed by atoms with van der Waals surface area (Å²) in [6.45, 7) is 2.09. The minimum Gasteiger partial charge on any atom is -0.480 e. The van der Waals surface area contributed by atoms with Gasteiger partial charge in [0.25, 0.3) is 0 Å². The average molecular weight is 555 g/mol. The lowest BCUT2D eigenvalue weighted by molar-refractivity contribution is -0.143. The molecule has 0 aliphatic carbocycles. The summed E-state index contributed by atoms with van der Waals surface area (Å²) in [7, 11) is 3.32. The number of ether oxygens (including phenoxy) is 3. The van der Waals surface area contributed by atoms with Gasteiger partial charge in [-0.3, -0.25) is 9.89 Å². The third-order valence-electron chi connectivity index (χ3n) is 5.32. The van der Waals surface area contributed by atoms with Gasteiger partial charge in [0.05, 0.1) is 24.9 Å². The molecule has 2 N–H and O–H groups in total. The Bertz CT molecular complexity index is 1160. The fourth-order valence-electron chi connectivity index (χ4n) is 3.72. The number of likely N-dealkylation sites (N-methyl/N-ethyl adjacent to an activating group) is 1. The summed E-state index contributed by atoms with van der Waals surface area (Å²) in [5.41, 5.74) is 1.19. The highest BCUT2D eigenvalue weighted by Gasteiger charge is 2.34. The highest BCUT2D eigenvalue weighted by Crippen LogP contribution is 2.36. The highest BCUT2D eigenvalue weighted by molar-refractivity contribution is 7.11. The number of hydrogen-bond donors (Lipinski definition) is 2. The first kappa shape index (κ1) is 28.7. The smallest absolute Gasteiger partial charge is 0.338 e. The molecule has 200 valence electrons. The second kappa shape index (κ2) is 13.6. The van der Waals surface area contributed by atoms with Gasteiger partial charge in [0.1, 0.15) is 18.5 Å². The second-order valence-electron chi connectivity index (χ2n) is 8.08. The molecule has 10 nitrogen and oxygen atoms in total. The zero-order valence-electron chi connectivity index (χ0n) is 20.6. The summed E-state index contributed by atoms with van der Waals surface area (Å²) in [5, 5.41) is 14.5. The summed E-state index contributed by atoms with van der Waals surface area (Å²) in [6, 6.07) is 3.06. The molecule has 0 spiro atoms. The van der Waals surface area contributed by atoms with Crippen molar-refractivity contribution >= 4 is 40.7 Å². The first-order valence-corrected chi connectivity index (χ1v) is 12.6. The van der Waals surface area contributed by atoms with Crippen LogP contribution >= 0.6 is 22.9 Å². The number of amidine groups is 1. The van der Waals surface area contributed by atoms with Gasteiger partial charge < -0.3 is 24.6 Å². The molecule has 2 heterocycles. The van der Waals surface area contributed by atoms with Gasteiger partial charge in [0.15, 0.2) is 10.8 Å². The molecule has 0 amide bonds. The van der Waals surface area contributed by atoms with E-state index in [1.807, 2.05) is 11.9 Å². The fraction of sp³-hybridized carbons (Fsp3) is 0.417. The number of halogens is 2. The van der Waals surface area contributed by atoms with Gasteiger partial charge in [-0.1, -0.05) is 17.7 Å². The molecular weight excluding hydrogens is 527 g/mol. The van der Waals surface area contributed by atoms with Crippen molar-refractivity contribution in [2.75, 3.05) is 47.1 Å². The third kappa shape index (κ3) is 7.79. The van der Waals surface area contributed by atoms with Crippen LogP contribution in [0.1, 0.15) is 23.5 Å². The van der Waals surface area contributed by atoms with Gasteiger partial charge in [-0.15, -0.1) is 11.3 Å². The van der Waals surface area contributed by atoms with E-state index in [4.69, 9.17) is 35.9 Å². The molecule has 1 aromatic carbocycles. The van der Waals surface area contributed by atoms with Gasteiger partial charge in [-0.2, -0.15) is 0 Å². The van der Waals surface area contributed by atoms with Gasteiger partial charge in [-0.25, -0.2) is 19.0 Å². The molecule has 1 aromatic heterocycles. The van der Waals surface area contributed by atoms with Gasteiger partial charge in [0.2, 0.25) is 0 Å². The maximum Gasteiger partial charge on any atom is 0.338 e. The Kier molecular flexibility index (Phi) is 10.5. The fourth-order valence-corrected chi connectivity index (χ4v) is 4.58. The molecule has 1 aliphatic heterocycles. The molecule has 0 saturated heterocycles. The highest BCUT2D eigenvalue weighted by atomic mass is 35.5. The third-order valence-corrected chi connectivity index (χ3v) is 6.43. The number of carbonyl (C=O) groups excluding carboxylic acids is 1. The second-order valence-corrected chi connectivity index (χ2v) is 9.39. The van der Waals surface area contributed by atoms with Crippen molar-refractivity contribution < 1.29 is 33.3 Å². The number of aliphatic imine (C=N–C) groups is 1. The first-order valence-electron chi connectivity index (χ1n) is 11.3. The molecule has 13 heteroatoms. The molecule has 2 aromatic rings. The number of aliphatic carboxylic acids is 1. The number of nitrogens with one attached hydrogen (secondary N) is 1. The number of rotatable bonds is 13. The number of hydrogen-bond acceptors (Lipinski definition) is 10. The Labute approximate surface area is 222 Å². The summed E-state index contributed by atoms with van der Waals surface area (Å²) in [4.78, 5) is 34.9. The Morgan fingerprint density at radius 2 is 2.16 bits per heavy atom. The van der Waals surface area contributed by atoms with Crippen LogP contribution in [0.3, 0.4) is 0 Å². The van der Waals surface area contributed by atoms with Crippen molar-refractivity contribution in [3.05, 3.63) is 62.5 Å². The van der Waals surface area contributed by atoms with Crippen LogP contribution in [0.25, 0.3) is 0 Å². The van der Waals surface area contributed by atoms with E-state index in [1.54, 1.807) is 18.5 Å². The van der Waals surface area contributed by atoms with Crippen LogP contribution in [0.5, 0.6) is 0 Å². The number of thiazole rings is 1. The summed E-state index contributed by atoms with van der Waals surface area (Å²) in [5.74, 6) is -1.73. The molecule has 0 fully saturated rings. The average Bonchev–Trinajstić information content (AvgIpc) is 3.38. The van der Waals surface area contributed by atoms with Crippen LogP contribution in [0.15, 0.2) is 46.0 Å². The minimum absolute atomic E-state index is 0.0734. The van der Waals surface area contributed by atoms with Gasteiger partial charge in [0, 0.05) is 48.1 Å². The number of carbonyl (C=O) groups is 2. The first-order chi connectivity index (χ1) is 17.7. The van der Waals surface area contributed by atoms with E-state index in [-0.39, 0.29) is 30.4 Å². The molecule has 2 unspecified atom stereocenters. The van der Waals surface area contributed by atoms with Crippen LogP contribution in [-0.4, -0.2) is 85.9 Å². The monoisotopic (exact) mass is 554 g/mol. The Morgan fingerprint density at radius 1 is 1.38 bits per heavy atom. The summed E-state index contributed by atoms with van der Waals surface area (Å²) in [6.07, 6.45) is 1.22. The topological polar surface area (TPSA) is 123 Å². The zero-order chi connectivity index (χ0) is 26.9. The lowest BCUT2D eigenvalue weighted by Crippen LogP contribution is -2.41. The van der Waals surface area contributed by atoms with Crippen molar-refractivity contribution in [3.63, 3.8) is 0 Å². The Morgan fingerprint density at radius 3 is 2.78 bits per heavy atom. The normalized spacial score (nSPS) is 16.4. The number of carboxylic acid groups (broad SMARTS) is 1. The van der Waals surface area contributed by atoms with E-state index in [9.17, 15) is 14.0 Å². The molecule has 0 radical (unpaired) electrons. The van der Waals surface area contributed by atoms with Crippen molar-refractivity contribution in [2.24, 2.45) is 4.99 Å². The van der Waals surface area contributed by atoms with Crippen molar-refractivity contribution in [1.29, 1.82) is 0 Å². The lowest BCUT2D eigenvalue weighted by Gasteiger charge is -2.30. The molecular formula is C24H28ClFN4O6S. The number of benzene rings is 1. The molecule has 37 heavy (non-hydrogen) atoms. The van der Waals surface area contributed by atoms with Crippen LogP contribution in [0.4, 0.5) is 4.39 Å². The zero-order valence-corrected chi connectivity index (χ0v) is 22.1. The van der Waals surface area contributed by atoms with E-state index in [0.717, 1.165) is 0 Å². The van der Waals surface area contributed by atoms with Crippen molar-refractivity contribution in [3.8, 4) is 0 Å². The lowest BCUT2D eigenvalue weighted by atomic mass is 9.95. The van der Waals surface area contributed by atoms with E-state index in [1.165, 1.54) is 36.6 Å². The summed E-state index contributed by atoms with van der Waals surface area (Å²) < 4.78 is 29.8. The van der Waals surface area contributed by atoms with Gasteiger partial charge >= 0.3 is 11.9 Å². The van der Waals surface area contributed by atoms with E-state index >= 15 is 0 Å². The number of carboxylic acids is 1. The number of aromatic nitrogens is 1.